The molecule has 1 aromatic heterocycles. The van der Waals surface area contributed by atoms with E-state index in [0.717, 1.165) is 0 Å². The molecule has 0 aliphatic carbocycles. The number of rotatable bonds is 0. The number of thioether (sulfide) groups is 1. The second-order valence-corrected chi connectivity index (χ2v) is 5.42. The molecule has 3 rings (SSSR count). The van der Waals surface area contributed by atoms with E-state index in [9.17, 15) is 0 Å². The minimum atomic E-state index is 1.21. The van der Waals surface area contributed by atoms with Crippen LogP contribution < -0.4 is 10.6 Å². The van der Waals surface area contributed by atoms with Crippen molar-refractivity contribution in [3.05, 3.63) is 30.6 Å². The first-order valence-corrected chi connectivity index (χ1v) is 8.00. The van der Waals surface area contributed by atoms with Gasteiger partial charge in [-0.15, -0.1) is 0 Å². The number of nitrogens with zero attached hydrogens (tertiary/aromatic N) is 1. The maximum atomic E-state index is 3.78. The predicted molar refractivity (Wildman–Crippen MR) is 81.2 cm³/mol. The molecule has 3 heterocycles. The smallest absolute Gasteiger partial charge is 0.0267 e. The van der Waals surface area contributed by atoms with E-state index in [1.807, 2.05) is 30.0 Å². The number of pyridine rings is 1. The number of piperidine rings is 1. The monoisotopic (exact) mass is 267 g/mol. The largest absolute Gasteiger partial charge is 0.317 e. The van der Waals surface area contributed by atoms with Crippen molar-refractivity contribution in [2.75, 3.05) is 37.7 Å². The maximum absolute atomic E-state index is 3.78. The summed E-state index contributed by atoms with van der Waals surface area (Å²) < 4.78 is 0. The molecule has 0 unspecified atom stereocenters. The van der Waals surface area contributed by atoms with E-state index in [-0.39, 0.29) is 0 Å². The van der Waals surface area contributed by atoms with Gasteiger partial charge in [0, 0.05) is 37.0 Å². The zero-order valence-electron chi connectivity index (χ0n) is 11.1. The fraction of sp³-hybridized carbons (Fsp3) is 0.643. The van der Waals surface area contributed by atoms with Gasteiger partial charge in [-0.05, 0) is 38.1 Å². The summed E-state index contributed by atoms with van der Waals surface area (Å²) in [6.07, 6.45) is 7.72. The molecule has 102 valence electrons. The van der Waals surface area contributed by atoms with Crippen molar-refractivity contribution in [3.8, 4) is 0 Å². The van der Waals surface area contributed by atoms with Gasteiger partial charge in [-0.1, -0.05) is 12.5 Å². The zero-order valence-corrected chi connectivity index (χ0v) is 11.9. The highest BCUT2D eigenvalue weighted by molar-refractivity contribution is 7.99. The normalized spacial score (nSPS) is 18.7. The highest BCUT2D eigenvalue weighted by atomic mass is 32.2. The van der Waals surface area contributed by atoms with Crippen molar-refractivity contribution in [2.24, 2.45) is 0 Å². The van der Waals surface area contributed by atoms with Crippen LogP contribution in [-0.4, -0.2) is 42.7 Å². The first-order chi connectivity index (χ1) is 9.00. The molecular formula is C14H25N3S. The van der Waals surface area contributed by atoms with Gasteiger partial charge in [-0.25, -0.2) is 0 Å². The van der Waals surface area contributed by atoms with Crippen LogP contribution in [-0.2, 0) is 0 Å². The first kappa shape index (κ1) is 15.5. The molecule has 3 nitrogen and oxygen atoms in total. The van der Waals surface area contributed by atoms with E-state index >= 15 is 0 Å². The number of hydrogen-bond acceptors (Lipinski definition) is 4. The van der Waals surface area contributed by atoms with Crippen LogP contribution in [0.25, 0.3) is 0 Å². The molecule has 2 N–H and O–H groups in total. The molecule has 4 heteroatoms. The van der Waals surface area contributed by atoms with Crippen molar-refractivity contribution in [3.63, 3.8) is 0 Å². The lowest BCUT2D eigenvalue weighted by Crippen LogP contribution is -2.24. The van der Waals surface area contributed by atoms with Crippen molar-refractivity contribution in [2.45, 2.75) is 19.3 Å². The summed E-state index contributed by atoms with van der Waals surface area (Å²) >= 11 is 2.03. The topological polar surface area (TPSA) is 37.0 Å². The molecule has 0 atom stereocenters. The summed E-state index contributed by atoms with van der Waals surface area (Å²) in [5.41, 5.74) is 0. The summed E-state index contributed by atoms with van der Waals surface area (Å²) in [4.78, 5) is 3.78. The SMILES string of the molecule is C1CCNCC1.C1CSCCN1.c1ccncc1. The van der Waals surface area contributed by atoms with Crippen LogP contribution in [0.1, 0.15) is 19.3 Å². The minimum Gasteiger partial charge on any atom is -0.317 e. The molecular weight excluding hydrogens is 242 g/mol. The molecule has 0 saturated carbocycles. The summed E-state index contributed by atoms with van der Waals surface area (Å²) in [6.45, 7) is 4.93. The molecule has 0 radical (unpaired) electrons. The summed E-state index contributed by atoms with van der Waals surface area (Å²) in [6, 6.07) is 5.72. The van der Waals surface area contributed by atoms with Gasteiger partial charge in [0.1, 0.15) is 0 Å². The Morgan fingerprint density at radius 3 is 1.50 bits per heavy atom. The van der Waals surface area contributed by atoms with Gasteiger partial charge in [-0.3, -0.25) is 4.98 Å². The third-order valence-electron chi connectivity index (χ3n) is 2.62. The molecule has 0 aromatic carbocycles. The molecule has 1 aromatic rings. The average molecular weight is 267 g/mol. The molecule has 2 saturated heterocycles. The molecule has 18 heavy (non-hydrogen) atoms. The molecule has 0 spiro atoms. The fourth-order valence-corrected chi connectivity index (χ4v) is 2.41. The quantitative estimate of drug-likeness (QED) is 0.755. The maximum Gasteiger partial charge on any atom is 0.0267 e. The van der Waals surface area contributed by atoms with Crippen LogP contribution in [0.2, 0.25) is 0 Å². The van der Waals surface area contributed by atoms with E-state index in [1.165, 1.54) is 56.9 Å². The molecule has 0 bridgehead atoms. The second-order valence-electron chi connectivity index (χ2n) is 4.20. The van der Waals surface area contributed by atoms with E-state index in [2.05, 4.69) is 15.6 Å². The zero-order chi connectivity index (χ0) is 12.7. The lowest BCUT2D eigenvalue weighted by Gasteiger charge is -2.08. The Bertz CT molecular complexity index is 187. The Labute approximate surface area is 115 Å². The van der Waals surface area contributed by atoms with Crippen molar-refractivity contribution < 1.29 is 0 Å². The number of aromatic nitrogens is 1. The van der Waals surface area contributed by atoms with E-state index in [1.54, 1.807) is 12.4 Å². The van der Waals surface area contributed by atoms with Gasteiger partial charge in [0.05, 0.1) is 0 Å². The van der Waals surface area contributed by atoms with Crippen LogP contribution in [0.4, 0.5) is 0 Å². The Morgan fingerprint density at radius 2 is 1.33 bits per heavy atom. The summed E-state index contributed by atoms with van der Waals surface area (Å²) in [7, 11) is 0. The summed E-state index contributed by atoms with van der Waals surface area (Å²) in [5, 5.41) is 6.55. The number of hydrogen-bond donors (Lipinski definition) is 2. The van der Waals surface area contributed by atoms with Crippen molar-refractivity contribution >= 4 is 11.8 Å². The Kier molecular flexibility index (Phi) is 11.1. The van der Waals surface area contributed by atoms with Crippen LogP contribution in [0.15, 0.2) is 30.6 Å². The van der Waals surface area contributed by atoms with E-state index in [0.29, 0.717) is 0 Å². The molecule has 2 fully saturated rings. The van der Waals surface area contributed by atoms with Gasteiger partial charge in [0.25, 0.3) is 0 Å². The Balaban J connectivity index is 0.000000135. The lowest BCUT2D eigenvalue weighted by atomic mass is 10.2. The predicted octanol–water partition coefficient (Wildman–Crippen LogP) is 2.16. The molecule has 0 amide bonds. The van der Waals surface area contributed by atoms with Gasteiger partial charge >= 0.3 is 0 Å². The van der Waals surface area contributed by atoms with Crippen LogP contribution in [0.3, 0.4) is 0 Å². The van der Waals surface area contributed by atoms with Gasteiger partial charge < -0.3 is 10.6 Å². The highest BCUT2D eigenvalue weighted by Crippen LogP contribution is 1.99. The average Bonchev–Trinajstić information content (AvgIpc) is 2.54. The third kappa shape index (κ3) is 10.6. The fourth-order valence-electron chi connectivity index (χ4n) is 1.63. The van der Waals surface area contributed by atoms with Gasteiger partial charge in [0.15, 0.2) is 0 Å². The molecule has 2 aliphatic heterocycles. The first-order valence-electron chi connectivity index (χ1n) is 6.84. The standard InChI is InChI=1S/C5H11N.C5H5N.C4H9NS/c2*1-2-4-6-5-3-1;1-3-6-4-2-5-1/h6H,1-5H2;1-5H;5H,1-4H2. The van der Waals surface area contributed by atoms with Crippen molar-refractivity contribution in [1.29, 1.82) is 0 Å². The van der Waals surface area contributed by atoms with Crippen LogP contribution in [0.5, 0.6) is 0 Å². The van der Waals surface area contributed by atoms with Crippen molar-refractivity contribution in [1.82, 2.24) is 15.6 Å². The van der Waals surface area contributed by atoms with Gasteiger partial charge in [-0.2, -0.15) is 11.8 Å². The van der Waals surface area contributed by atoms with Gasteiger partial charge in [0.2, 0.25) is 0 Å². The van der Waals surface area contributed by atoms with E-state index in [4.69, 9.17) is 0 Å². The Hall–Kier alpha value is -0.580. The van der Waals surface area contributed by atoms with E-state index < -0.39 is 0 Å². The number of nitrogens with one attached hydrogen (secondary N) is 2. The Morgan fingerprint density at radius 1 is 0.722 bits per heavy atom. The third-order valence-corrected chi connectivity index (χ3v) is 3.61. The summed E-state index contributed by atoms with van der Waals surface area (Å²) in [5.74, 6) is 2.61. The van der Waals surface area contributed by atoms with Crippen LogP contribution in [0, 0.1) is 0 Å². The second kappa shape index (κ2) is 12.9. The highest BCUT2D eigenvalue weighted by Gasteiger charge is 1.94. The lowest BCUT2D eigenvalue weighted by molar-refractivity contribution is 0.520. The van der Waals surface area contributed by atoms with Crippen LogP contribution >= 0.6 is 11.8 Å². The minimum absolute atomic E-state index is 1.21. The molecule has 2 aliphatic rings.